The van der Waals surface area contributed by atoms with Gasteiger partial charge < -0.3 is 9.64 Å². The van der Waals surface area contributed by atoms with Gasteiger partial charge in [-0.15, -0.1) is 0 Å². The summed E-state index contributed by atoms with van der Waals surface area (Å²) in [5, 5.41) is 5.23. The van der Waals surface area contributed by atoms with Gasteiger partial charge in [0.2, 0.25) is 17.7 Å². The fraction of sp³-hybridized carbons (Fsp3) is 0.429. The van der Waals surface area contributed by atoms with Crippen LogP contribution in [0.4, 0.5) is 0 Å². The number of likely N-dealkylation sites (tertiary alicyclic amines) is 2. The summed E-state index contributed by atoms with van der Waals surface area (Å²) < 4.78 is 6.98. The van der Waals surface area contributed by atoms with Crippen LogP contribution in [-0.4, -0.2) is 63.5 Å². The van der Waals surface area contributed by atoms with Crippen molar-refractivity contribution in [1.29, 1.82) is 0 Å². The van der Waals surface area contributed by atoms with Crippen molar-refractivity contribution >= 4 is 28.6 Å². The average Bonchev–Trinajstić information content (AvgIpc) is 3.14. The molecule has 2 unspecified atom stereocenters. The Hall–Kier alpha value is -3.16. The fourth-order valence-corrected chi connectivity index (χ4v) is 4.70. The molecule has 0 radical (unpaired) electrons. The van der Waals surface area contributed by atoms with Gasteiger partial charge in [0.05, 0.1) is 35.9 Å². The average molecular weight is 394 g/mol. The number of imide groups is 1. The number of allylic oxidation sites excluding steroid dienone is 2. The van der Waals surface area contributed by atoms with Crippen LogP contribution in [0.1, 0.15) is 23.2 Å². The van der Waals surface area contributed by atoms with Gasteiger partial charge in [0.1, 0.15) is 0 Å². The van der Waals surface area contributed by atoms with Crippen molar-refractivity contribution < 1.29 is 19.1 Å². The lowest BCUT2D eigenvalue weighted by Gasteiger charge is -2.43. The molecule has 3 aliphatic rings. The summed E-state index contributed by atoms with van der Waals surface area (Å²) in [5.74, 6) is -0.0829. The number of benzene rings is 1. The number of ether oxygens (including phenoxy) is 1. The molecule has 2 atom stereocenters. The number of amides is 3. The topological polar surface area (TPSA) is 84.7 Å². The van der Waals surface area contributed by atoms with E-state index in [0.717, 1.165) is 5.39 Å². The zero-order valence-electron chi connectivity index (χ0n) is 16.4. The number of aryl methyl sites for hydroxylation is 1. The van der Waals surface area contributed by atoms with E-state index in [2.05, 4.69) is 5.10 Å². The van der Waals surface area contributed by atoms with Gasteiger partial charge >= 0.3 is 0 Å². The van der Waals surface area contributed by atoms with E-state index in [1.165, 1.54) is 4.90 Å². The monoisotopic (exact) mass is 394 g/mol. The summed E-state index contributed by atoms with van der Waals surface area (Å²) in [6.45, 7) is 0.763. The molecule has 2 aromatic rings. The molecule has 2 saturated heterocycles. The van der Waals surface area contributed by atoms with Gasteiger partial charge in [0, 0.05) is 25.7 Å². The third-order valence-electron chi connectivity index (χ3n) is 6.28. The Morgan fingerprint density at radius 3 is 2.38 bits per heavy atom. The highest BCUT2D eigenvalue weighted by Crippen LogP contribution is 2.37. The van der Waals surface area contributed by atoms with Gasteiger partial charge in [-0.2, -0.15) is 5.10 Å². The van der Waals surface area contributed by atoms with Crippen molar-refractivity contribution in [2.75, 3.05) is 20.2 Å². The molecule has 1 aromatic carbocycles. The minimum Gasteiger partial charge on any atom is -0.481 e. The van der Waals surface area contributed by atoms with Gasteiger partial charge in [0.15, 0.2) is 0 Å². The number of fused-ring (bicyclic) bond motifs is 2. The van der Waals surface area contributed by atoms with E-state index in [0.29, 0.717) is 42.9 Å². The lowest BCUT2D eigenvalue weighted by molar-refractivity contribution is -0.145. The zero-order valence-corrected chi connectivity index (χ0v) is 16.4. The van der Waals surface area contributed by atoms with Crippen molar-refractivity contribution in [3.8, 4) is 5.88 Å². The van der Waals surface area contributed by atoms with Crippen molar-refractivity contribution in [3.05, 3.63) is 35.9 Å². The number of nitrogens with zero attached hydrogens (tertiary/aromatic N) is 4. The molecule has 1 aromatic heterocycles. The first-order valence-corrected chi connectivity index (χ1v) is 9.81. The SMILES string of the molecule is COc1c2ccc(C(=O)N3CC(N4C(=O)C5CC=CCC5C4=O)C3)cc2nn1C. The van der Waals surface area contributed by atoms with E-state index >= 15 is 0 Å². The molecule has 29 heavy (non-hydrogen) atoms. The normalized spacial score (nSPS) is 24.2. The number of hydrogen-bond acceptors (Lipinski definition) is 5. The predicted octanol–water partition coefficient (Wildman–Crippen LogP) is 1.36. The minimum absolute atomic E-state index is 0.0801. The molecule has 0 N–H and O–H groups in total. The van der Waals surface area contributed by atoms with Gasteiger partial charge in [0.25, 0.3) is 5.91 Å². The molecule has 8 heteroatoms. The summed E-state index contributed by atoms with van der Waals surface area (Å²) in [4.78, 5) is 41.3. The van der Waals surface area contributed by atoms with Crippen LogP contribution in [0.3, 0.4) is 0 Å². The third kappa shape index (κ3) is 2.58. The van der Waals surface area contributed by atoms with Crippen LogP contribution in [0, 0.1) is 11.8 Å². The Balaban J connectivity index is 1.30. The Morgan fingerprint density at radius 1 is 1.10 bits per heavy atom. The molecule has 0 bridgehead atoms. The fourth-order valence-electron chi connectivity index (χ4n) is 4.70. The highest BCUT2D eigenvalue weighted by atomic mass is 16.5. The maximum absolute atomic E-state index is 12.9. The molecule has 0 spiro atoms. The molecule has 2 fully saturated rings. The molecular formula is C21H22N4O4. The van der Waals surface area contributed by atoms with Gasteiger partial charge in [-0.3, -0.25) is 19.3 Å². The second-order valence-corrected chi connectivity index (χ2v) is 7.93. The lowest BCUT2D eigenvalue weighted by atomic mass is 9.85. The molecule has 5 rings (SSSR count). The van der Waals surface area contributed by atoms with E-state index in [9.17, 15) is 14.4 Å². The third-order valence-corrected chi connectivity index (χ3v) is 6.28. The van der Waals surface area contributed by atoms with Crippen molar-refractivity contribution in [3.63, 3.8) is 0 Å². The molecule has 3 heterocycles. The highest BCUT2D eigenvalue weighted by molar-refractivity contribution is 6.06. The van der Waals surface area contributed by atoms with Crippen molar-refractivity contribution in [1.82, 2.24) is 19.6 Å². The summed E-state index contributed by atoms with van der Waals surface area (Å²) in [6, 6.07) is 5.12. The number of aromatic nitrogens is 2. The summed E-state index contributed by atoms with van der Waals surface area (Å²) in [6.07, 6.45) is 5.23. The molecule has 1 aliphatic carbocycles. The van der Waals surface area contributed by atoms with Crippen LogP contribution in [0.15, 0.2) is 30.4 Å². The maximum Gasteiger partial charge on any atom is 0.254 e. The standard InChI is InChI=1S/C21H22N4O4/c1-23-21(29-2)16-8-7-12(9-17(16)22-23)18(26)24-10-13(11-24)25-19(27)14-5-3-4-6-15(14)20(25)28/h3-4,7-9,13-15H,5-6,10-11H2,1-2H3. The second kappa shape index (κ2) is 6.43. The van der Waals surface area contributed by atoms with Crippen LogP contribution >= 0.6 is 0 Å². The number of carbonyl (C=O) groups excluding carboxylic acids is 3. The molecule has 0 saturated carbocycles. The van der Waals surface area contributed by atoms with Crippen LogP contribution in [0.5, 0.6) is 5.88 Å². The molecular weight excluding hydrogens is 372 g/mol. The van der Waals surface area contributed by atoms with Gasteiger partial charge in [-0.25, -0.2) is 4.68 Å². The van der Waals surface area contributed by atoms with E-state index in [-0.39, 0.29) is 35.6 Å². The van der Waals surface area contributed by atoms with Gasteiger partial charge in [-0.05, 0) is 31.0 Å². The van der Waals surface area contributed by atoms with Crippen molar-refractivity contribution in [2.24, 2.45) is 18.9 Å². The number of methoxy groups -OCH3 is 1. The first kappa shape index (κ1) is 17.9. The molecule has 2 aliphatic heterocycles. The van der Waals surface area contributed by atoms with Gasteiger partial charge in [-0.1, -0.05) is 12.2 Å². The van der Waals surface area contributed by atoms with Crippen LogP contribution in [0.25, 0.3) is 10.9 Å². The Labute approximate surface area is 167 Å². The quantitative estimate of drug-likeness (QED) is 0.580. The smallest absolute Gasteiger partial charge is 0.254 e. The molecule has 150 valence electrons. The first-order valence-electron chi connectivity index (χ1n) is 9.81. The second-order valence-electron chi connectivity index (χ2n) is 7.93. The van der Waals surface area contributed by atoms with E-state index < -0.39 is 0 Å². The van der Waals surface area contributed by atoms with Crippen molar-refractivity contribution in [2.45, 2.75) is 18.9 Å². The number of rotatable bonds is 3. The summed E-state index contributed by atoms with van der Waals surface area (Å²) in [7, 11) is 3.38. The van der Waals surface area contributed by atoms with E-state index in [1.807, 2.05) is 18.2 Å². The van der Waals surface area contributed by atoms with Crippen LogP contribution in [-0.2, 0) is 16.6 Å². The lowest BCUT2D eigenvalue weighted by Crippen LogP contribution is -2.62. The summed E-state index contributed by atoms with van der Waals surface area (Å²) >= 11 is 0. The maximum atomic E-state index is 12.9. The largest absolute Gasteiger partial charge is 0.481 e. The molecule has 3 amide bonds. The van der Waals surface area contributed by atoms with E-state index in [4.69, 9.17) is 4.74 Å². The highest BCUT2D eigenvalue weighted by Gasteiger charge is 2.52. The Kier molecular flexibility index (Phi) is 3.97. The predicted molar refractivity (Wildman–Crippen MR) is 104 cm³/mol. The Morgan fingerprint density at radius 2 is 1.76 bits per heavy atom. The number of hydrogen-bond donors (Lipinski definition) is 0. The van der Waals surface area contributed by atoms with E-state index in [1.54, 1.807) is 35.9 Å². The minimum atomic E-state index is -0.223. The van der Waals surface area contributed by atoms with Crippen LogP contribution < -0.4 is 4.74 Å². The van der Waals surface area contributed by atoms with Crippen LogP contribution in [0.2, 0.25) is 0 Å². The molecule has 8 nitrogen and oxygen atoms in total. The number of carbonyl (C=O) groups is 3. The Bertz CT molecular complexity index is 1040. The zero-order chi connectivity index (χ0) is 20.3. The first-order chi connectivity index (χ1) is 14.0. The summed E-state index contributed by atoms with van der Waals surface area (Å²) in [5.41, 5.74) is 1.22.